The summed E-state index contributed by atoms with van der Waals surface area (Å²) >= 11 is 0. The third-order valence-corrected chi connectivity index (χ3v) is 4.63. The lowest BCUT2D eigenvalue weighted by atomic mass is 9.89. The van der Waals surface area contributed by atoms with Gasteiger partial charge in [0.2, 0.25) is 11.8 Å². The number of hydrogen-bond acceptors (Lipinski definition) is 2. The minimum absolute atomic E-state index is 0.0781. The minimum Gasteiger partial charge on any atom is -0.341 e. The number of rotatable bonds is 3. The second-order valence-corrected chi connectivity index (χ2v) is 6.66. The molecule has 2 aromatic carbocycles. The Hall–Kier alpha value is -2.69. The molecule has 1 aliphatic rings. The second kappa shape index (κ2) is 6.67. The predicted molar refractivity (Wildman–Crippen MR) is 94.8 cm³/mol. The van der Waals surface area contributed by atoms with Crippen molar-refractivity contribution in [3.63, 3.8) is 0 Å². The lowest BCUT2D eigenvalue weighted by Crippen LogP contribution is -2.36. The summed E-state index contributed by atoms with van der Waals surface area (Å²) in [6, 6.07) is 10.3. The minimum atomic E-state index is -0.583. The molecule has 3 rings (SSSR count). The molecule has 1 N–H and O–H groups in total. The zero-order valence-corrected chi connectivity index (χ0v) is 14.6. The van der Waals surface area contributed by atoms with Gasteiger partial charge in [0.15, 0.2) is 0 Å². The van der Waals surface area contributed by atoms with Gasteiger partial charge in [-0.1, -0.05) is 29.8 Å². The Balaban J connectivity index is 1.84. The van der Waals surface area contributed by atoms with Gasteiger partial charge >= 0.3 is 0 Å². The molecule has 2 aromatic rings. The normalized spacial score (nSPS) is 16.2. The SMILES string of the molecule is Cc1ccc(CN(C)C(=O)[C@@H]2CC(=O)Nc3cc(F)ccc32)c(C)c1. The van der Waals surface area contributed by atoms with Crippen LogP contribution in [0.5, 0.6) is 0 Å². The van der Waals surface area contributed by atoms with Gasteiger partial charge in [-0.25, -0.2) is 4.39 Å². The van der Waals surface area contributed by atoms with Gasteiger partial charge in [0.05, 0.1) is 5.92 Å². The number of benzene rings is 2. The van der Waals surface area contributed by atoms with Crippen molar-refractivity contribution in [2.24, 2.45) is 0 Å². The zero-order valence-electron chi connectivity index (χ0n) is 14.6. The van der Waals surface area contributed by atoms with Crippen LogP contribution >= 0.6 is 0 Å². The molecular formula is C20H21FN2O2. The van der Waals surface area contributed by atoms with E-state index in [2.05, 4.69) is 11.4 Å². The average Bonchev–Trinajstić information content (AvgIpc) is 2.55. The second-order valence-electron chi connectivity index (χ2n) is 6.66. The van der Waals surface area contributed by atoms with Gasteiger partial charge in [-0.3, -0.25) is 9.59 Å². The third kappa shape index (κ3) is 3.55. The van der Waals surface area contributed by atoms with Crippen molar-refractivity contribution in [1.82, 2.24) is 4.90 Å². The molecule has 4 nitrogen and oxygen atoms in total. The van der Waals surface area contributed by atoms with Crippen molar-refractivity contribution in [3.05, 3.63) is 64.5 Å². The van der Waals surface area contributed by atoms with Crippen LogP contribution in [0, 0.1) is 19.7 Å². The van der Waals surface area contributed by atoms with Crippen LogP contribution in [0.4, 0.5) is 10.1 Å². The molecule has 2 amide bonds. The monoisotopic (exact) mass is 340 g/mol. The van der Waals surface area contributed by atoms with E-state index in [1.165, 1.54) is 17.7 Å². The predicted octanol–water partition coefficient (Wildman–Crippen LogP) is 3.53. The molecule has 0 bridgehead atoms. The van der Waals surface area contributed by atoms with Gasteiger partial charge in [0.1, 0.15) is 5.82 Å². The molecule has 130 valence electrons. The van der Waals surface area contributed by atoms with Crippen molar-refractivity contribution in [2.75, 3.05) is 12.4 Å². The zero-order chi connectivity index (χ0) is 18.1. The Morgan fingerprint density at radius 1 is 1.24 bits per heavy atom. The van der Waals surface area contributed by atoms with Crippen LogP contribution in [-0.4, -0.2) is 23.8 Å². The van der Waals surface area contributed by atoms with E-state index in [9.17, 15) is 14.0 Å². The fraction of sp³-hybridized carbons (Fsp3) is 0.300. The molecule has 5 heteroatoms. The highest BCUT2D eigenvalue weighted by atomic mass is 19.1. The van der Waals surface area contributed by atoms with Gasteiger partial charge < -0.3 is 10.2 Å². The highest BCUT2D eigenvalue weighted by Crippen LogP contribution is 2.34. The molecule has 0 aliphatic carbocycles. The van der Waals surface area contributed by atoms with E-state index in [1.54, 1.807) is 18.0 Å². The third-order valence-electron chi connectivity index (χ3n) is 4.63. The van der Waals surface area contributed by atoms with Crippen molar-refractivity contribution >= 4 is 17.5 Å². The number of hydrogen-bond donors (Lipinski definition) is 1. The Morgan fingerprint density at radius 2 is 2.00 bits per heavy atom. The summed E-state index contributed by atoms with van der Waals surface area (Å²) in [5, 5.41) is 2.64. The summed E-state index contributed by atoms with van der Waals surface area (Å²) < 4.78 is 13.4. The van der Waals surface area contributed by atoms with Gasteiger partial charge in [0, 0.05) is 25.7 Å². The standard InChI is InChI=1S/C20H21FN2O2/c1-12-4-5-14(13(2)8-12)11-23(3)20(25)17-10-19(24)22-18-9-15(21)6-7-16(17)18/h4-9,17H,10-11H2,1-3H3,(H,22,24)/t17-/m1/s1. The number of nitrogens with one attached hydrogen (secondary N) is 1. The fourth-order valence-electron chi connectivity index (χ4n) is 3.28. The van der Waals surface area contributed by atoms with E-state index in [0.717, 1.165) is 11.1 Å². The number of carbonyl (C=O) groups is 2. The molecular weight excluding hydrogens is 319 g/mol. The first-order valence-electron chi connectivity index (χ1n) is 8.25. The maximum absolute atomic E-state index is 13.4. The summed E-state index contributed by atoms with van der Waals surface area (Å²) in [6.45, 7) is 4.52. The molecule has 0 fully saturated rings. The average molecular weight is 340 g/mol. The van der Waals surface area contributed by atoms with Crippen LogP contribution < -0.4 is 5.32 Å². The number of nitrogens with zero attached hydrogens (tertiary/aromatic N) is 1. The van der Waals surface area contributed by atoms with Gasteiger partial charge in [0.25, 0.3) is 0 Å². The van der Waals surface area contributed by atoms with E-state index in [1.807, 2.05) is 26.0 Å². The Kier molecular flexibility index (Phi) is 4.57. The van der Waals surface area contributed by atoms with Crippen molar-refractivity contribution in [2.45, 2.75) is 32.7 Å². The largest absolute Gasteiger partial charge is 0.341 e. The van der Waals surface area contributed by atoms with E-state index < -0.39 is 11.7 Å². The fourth-order valence-corrected chi connectivity index (χ4v) is 3.28. The van der Waals surface area contributed by atoms with E-state index in [4.69, 9.17) is 0 Å². The Morgan fingerprint density at radius 3 is 2.72 bits per heavy atom. The van der Waals surface area contributed by atoms with Gasteiger partial charge in [-0.05, 0) is 42.7 Å². The molecule has 1 aliphatic heterocycles. The number of aryl methyl sites for hydroxylation is 2. The topological polar surface area (TPSA) is 49.4 Å². The number of carbonyl (C=O) groups excluding carboxylic acids is 2. The molecule has 0 radical (unpaired) electrons. The summed E-state index contributed by atoms with van der Waals surface area (Å²) in [6.07, 6.45) is 0.0781. The summed E-state index contributed by atoms with van der Waals surface area (Å²) in [5.41, 5.74) is 4.42. The number of amides is 2. The van der Waals surface area contributed by atoms with E-state index in [-0.39, 0.29) is 18.2 Å². The molecule has 0 aromatic heterocycles. The molecule has 0 unspecified atom stereocenters. The number of halogens is 1. The Labute approximate surface area is 146 Å². The van der Waals surface area contributed by atoms with Crippen LogP contribution in [0.2, 0.25) is 0 Å². The lowest BCUT2D eigenvalue weighted by molar-refractivity contribution is -0.134. The van der Waals surface area contributed by atoms with Crippen LogP contribution in [0.1, 0.15) is 34.6 Å². The van der Waals surface area contributed by atoms with Crippen molar-refractivity contribution in [3.8, 4) is 0 Å². The molecule has 25 heavy (non-hydrogen) atoms. The van der Waals surface area contributed by atoms with Crippen LogP contribution in [0.3, 0.4) is 0 Å². The van der Waals surface area contributed by atoms with Gasteiger partial charge in [-0.2, -0.15) is 0 Å². The molecule has 0 saturated carbocycles. The van der Waals surface area contributed by atoms with Crippen molar-refractivity contribution < 1.29 is 14.0 Å². The van der Waals surface area contributed by atoms with E-state index >= 15 is 0 Å². The number of fused-ring (bicyclic) bond motifs is 1. The van der Waals surface area contributed by atoms with Gasteiger partial charge in [-0.15, -0.1) is 0 Å². The molecule has 0 saturated heterocycles. The first kappa shape index (κ1) is 17.1. The highest BCUT2D eigenvalue weighted by molar-refractivity contribution is 6.01. The molecule has 0 spiro atoms. The quantitative estimate of drug-likeness (QED) is 0.929. The number of likely N-dealkylation sites (N-methyl/N-ethyl adjacent to an activating group) is 1. The van der Waals surface area contributed by atoms with Crippen LogP contribution in [0.25, 0.3) is 0 Å². The smallest absolute Gasteiger partial charge is 0.230 e. The molecule has 1 heterocycles. The van der Waals surface area contributed by atoms with E-state index in [0.29, 0.717) is 17.8 Å². The first-order valence-corrected chi connectivity index (χ1v) is 8.25. The Bertz CT molecular complexity index is 848. The summed E-state index contributed by atoms with van der Waals surface area (Å²) in [7, 11) is 1.73. The summed E-state index contributed by atoms with van der Waals surface area (Å²) in [4.78, 5) is 26.5. The lowest BCUT2D eigenvalue weighted by Gasteiger charge is -2.29. The van der Waals surface area contributed by atoms with Crippen molar-refractivity contribution in [1.29, 1.82) is 0 Å². The summed E-state index contributed by atoms with van der Waals surface area (Å²) in [5.74, 6) is -1.42. The highest BCUT2D eigenvalue weighted by Gasteiger charge is 2.32. The van der Waals surface area contributed by atoms with Crippen LogP contribution in [0.15, 0.2) is 36.4 Å². The maximum atomic E-state index is 13.4. The first-order chi connectivity index (χ1) is 11.8. The molecule has 1 atom stereocenters. The van der Waals surface area contributed by atoms with Crippen LogP contribution in [-0.2, 0) is 16.1 Å². The number of anilines is 1. The maximum Gasteiger partial charge on any atom is 0.230 e.